The number of carbonyl (C=O) groups excluding carboxylic acids is 1. The van der Waals surface area contributed by atoms with Crippen LogP contribution in [0.25, 0.3) is 16.8 Å². The Kier molecular flexibility index (Phi) is 6.24. The van der Waals surface area contributed by atoms with Crippen molar-refractivity contribution in [3.63, 3.8) is 0 Å². The summed E-state index contributed by atoms with van der Waals surface area (Å²) in [4.78, 5) is 16.7. The topological polar surface area (TPSA) is 84.2 Å². The molecular weight excluding hydrogens is 422 g/mol. The lowest BCUT2D eigenvalue weighted by atomic mass is 10.0. The molecule has 1 N–H and O–H groups in total. The molecule has 162 valence electrons. The minimum atomic E-state index is -0.116. The number of carbonyl (C=O) groups is 1. The van der Waals surface area contributed by atoms with E-state index >= 15 is 0 Å². The standard InChI is InChI=1S/C25H23N3O3S/c1-15(2)8-17-4-6-18(7-5-17)22-13-32-25(28-22)19(11-26)12-27-21-10-24-23(30-14-31-24)9-20(21)16(3)29/h4-7,9-10,12-13,15,27H,8,14H2,1-3H3. The highest BCUT2D eigenvalue weighted by Crippen LogP contribution is 2.37. The van der Waals surface area contributed by atoms with E-state index in [0.717, 1.165) is 17.7 Å². The highest BCUT2D eigenvalue weighted by molar-refractivity contribution is 7.11. The average Bonchev–Trinajstić information content (AvgIpc) is 3.43. The lowest BCUT2D eigenvalue weighted by Crippen LogP contribution is -2.00. The normalized spacial score (nSPS) is 12.7. The second kappa shape index (κ2) is 9.25. The van der Waals surface area contributed by atoms with Crippen LogP contribution in [0.4, 0.5) is 5.69 Å². The van der Waals surface area contributed by atoms with Crippen molar-refractivity contribution in [1.82, 2.24) is 4.98 Å². The zero-order valence-corrected chi connectivity index (χ0v) is 19.0. The summed E-state index contributed by atoms with van der Waals surface area (Å²) in [7, 11) is 0. The number of hydrogen-bond acceptors (Lipinski definition) is 7. The molecule has 6 nitrogen and oxygen atoms in total. The number of thiazole rings is 1. The molecule has 2 heterocycles. The fourth-order valence-corrected chi connectivity index (χ4v) is 4.25. The van der Waals surface area contributed by atoms with E-state index in [4.69, 9.17) is 9.47 Å². The molecule has 0 bridgehead atoms. The summed E-state index contributed by atoms with van der Waals surface area (Å²) in [6.07, 6.45) is 2.61. The van der Waals surface area contributed by atoms with Gasteiger partial charge in [0.15, 0.2) is 17.3 Å². The first-order valence-electron chi connectivity index (χ1n) is 10.3. The Hall–Kier alpha value is -3.63. The van der Waals surface area contributed by atoms with Crippen LogP contribution in [0, 0.1) is 17.2 Å². The second-order valence-electron chi connectivity index (χ2n) is 7.95. The molecule has 1 aliphatic heterocycles. The monoisotopic (exact) mass is 445 g/mol. The van der Waals surface area contributed by atoms with Crippen LogP contribution < -0.4 is 14.8 Å². The third-order valence-electron chi connectivity index (χ3n) is 5.01. The SMILES string of the molecule is CC(=O)c1cc2c(cc1NC=C(C#N)c1nc(-c3ccc(CC(C)C)cc3)cs1)OCO2. The summed E-state index contributed by atoms with van der Waals surface area (Å²) in [5, 5.41) is 15.3. The molecule has 0 saturated heterocycles. The second-order valence-corrected chi connectivity index (χ2v) is 8.81. The lowest BCUT2D eigenvalue weighted by molar-refractivity contribution is 0.101. The van der Waals surface area contributed by atoms with Crippen molar-refractivity contribution in [1.29, 1.82) is 5.26 Å². The van der Waals surface area contributed by atoms with Gasteiger partial charge in [-0.1, -0.05) is 38.1 Å². The minimum Gasteiger partial charge on any atom is -0.454 e. The number of ether oxygens (including phenoxy) is 2. The van der Waals surface area contributed by atoms with Crippen molar-refractivity contribution in [2.75, 3.05) is 12.1 Å². The number of rotatable bonds is 7. The number of fused-ring (bicyclic) bond motifs is 1. The van der Waals surface area contributed by atoms with Crippen LogP contribution in [0.1, 0.15) is 41.7 Å². The van der Waals surface area contributed by atoms with Gasteiger partial charge < -0.3 is 14.8 Å². The summed E-state index contributed by atoms with van der Waals surface area (Å²) in [5.41, 5.74) is 4.53. The van der Waals surface area contributed by atoms with Gasteiger partial charge in [0.05, 0.1) is 11.4 Å². The van der Waals surface area contributed by atoms with Crippen LogP contribution in [-0.4, -0.2) is 17.6 Å². The number of benzene rings is 2. The number of aromatic nitrogens is 1. The van der Waals surface area contributed by atoms with Gasteiger partial charge in [0.1, 0.15) is 16.6 Å². The fourth-order valence-electron chi connectivity index (χ4n) is 3.46. The molecule has 32 heavy (non-hydrogen) atoms. The number of anilines is 1. The van der Waals surface area contributed by atoms with E-state index in [1.165, 1.54) is 23.8 Å². The van der Waals surface area contributed by atoms with Crippen LogP contribution >= 0.6 is 11.3 Å². The number of hydrogen-bond donors (Lipinski definition) is 1. The van der Waals surface area contributed by atoms with Crippen molar-refractivity contribution in [2.45, 2.75) is 27.2 Å². The molecule has 0 unspecified atom stereocenters. The van der Waals surface area contributed by atoms with E-state index in [9.17, 15) is 10.1 Å². The maximum atomic E-state index is 12.1. The maximum absolute atomic E-state index is 12.1. The van der Waals surface area contributed by atoms with Crippen LogP contribution in [0.15, 0.2) is 48.0 Å². The molecule has 0 saturated carbocycles. The maximum Gasteiger partial charge on any atom is 0.231 e. The molecule has 0 fully saturated rings. The smallest absolute Gasteiger partial charge is 0.231 e. The van der Waals surface area contributed by atoms with Crippen molar-refractivity contribution in [3.8, 4) is 28.8 Å². The molecule has 2 aromatic carbocycles. The number of nitrogens with zero attached hydrogens (tertiary/aromatic N) is 2. The summed E-state index contributed by atoms with van der Waals surface area (Å²) in [6, 6.07) is 13.9. The molecule has 0 radical (unpaired) electrons. The molecule has 3 aromatic rings. The molecule has 0 amide bonds. The van der Waals surface area contributed by atoms with E-state index in [-0.39, 0.29) is 12.6 Å². The Bertz CT molecular complexity index is 1220. The first-order valence-corrected chi connectivity index (χ1v) is 11.2. The molecule has 0 aliphatic carbocycles. The molecule has 1 aromatic heterocycles. The van der Waals surface area contributed by atoms with Gasteiger partial charge in [-0.2, -0.15) is 5.26 Å². The molecule has 4 rings (SSSR count). The summed E-state index contributed by atoms with van der Waals surface area (Å²) in [5.74, 6) is 1.59. The summed E-state index contributed by atoms with van der Waals surface area (Å²) < 4.78 is 10.8. The highest BCUT2D eigenvalue weighted by atomic mass is 32.1. The Morgan fingerprint density at radius 3 is 2.62 bits per heavy atom. The van der Waals surface area contributed by atoms with E-state index < -0.39 is 0 Å². The molecule has 1 aliphatic rings. The quantitative estimate of drug-likeness (QED) is 0.359. The van der Waals surface area contributed by atoms with Crippen molar-refractivity contribution in [2.24, 2.45) is 5.92 Å². The van der Waals surface area contributed by atoms with Gasteiger partial charge in [-0.3, -0.25) is 4.79 Å². The first-order chi connectivity index (χ1) is 15.4. The van der Waals surface area contributed by atoms with Gasteiger partial charge in [0.25, 0.3) is 0 Å². The average molecular weight is 446 g/mol. The molecular formula is C25H23N3O3S. The van der Waals surface area contributed by atoms with Crippen LogP contribution in [-0.2, 0) is 6.42 Å². The van der Waals surface area contributed by atoms with Gasteiger partial charge in [0, 0.05) is 28.8 Å². The van der Waals surface area contributed by atoms with Crippen molar-refractivity contribution < 1.29 is 14.3 Å². The number of ketones is 1. The number of nitrogens with one attached hydrogen (secondary N) is 1. The third kappa shape index (κ3) is 4.66. The summed E-state index contributed by atoms with van der Waals surface area (Å²) >= 11 is 1.40. The van der Waals surface area contributed by atoms with Gasteiger partial charge in [-0.25, -0.2) is 4.98 Å². The van der Waals surface area contributed by atoms with Gasteiger partial charge >= 0.3 is 0 Å². The first kappa shape index (κ1) is 21.6. The Morgan fingerprint density at radius 1 is 1.25 bits per heavy atom. The van der Waals surface area contributed by atoms with Crippen LogP contribution in [0.5, 0.6) is 11.5 Å². The number of allylic oxidation sites excluding steroid dienone is 1. The van der Waals surface area contributed by atoms with E-state index in [1.807, 2.05) is 5.38 Å². The minimum absolute atomic E-state index is 0.116. The fraction of sp³-hybridized carbons (Fsp3) is 0.240. The van der Waals surface area contributed by atoms with Crippen molar-refractivity contribution in [3.05, 3.63) is 64.1 Å². The highest BCUT2D eigenvalue weighted by Gasteiger charge is 2.19. The Morgan fingerprint density at radius 2 is 1.97 bits per heavy atom. The predicted octanol–water partition coefficient (Wildman–Crippen LogP) is 5.92. The van der Waals surface area contributed by atoms with E-state index in [1.54, 1.807) is 18.3 Å². The predicted molar refractivity (Wildman–Crippen MR) is 126 cm³/mol. The number of nitriles is 1. The zero-order valence-electron chi connectivity index (χ0n) is 18.1. The van der Waals surface area contributed by atoms with E-state index in [2.05, 4.69) is 54.5 Å². The zero-order chi connectivity index (χ0) is 22.7. The molecule has 0 atom stereocenters. The van der Waals surface area contributed by atoms with Gasteiger partial charge in [0.2, 0.25) is 6.79 Å². The van der Waals surface area contributed by atoms with Crippen LogP contribution in [0.2, 0.25) is 0 Å². The van der Waals surface area contributed by atoms with Gasteiger partial charge in [-0.15, -0.1) is 11.3 Å². The Balaban J connectivity index is 1.56. The third-order valence-corrected chi connectivity index (χ3v) is 5.89. The van der Waals surface area contributed by atoms with Crippen molar-refractivity contribution >= 4 is 28.4 Å². The van der Waals surface area contributed by atoms with Gasteiger partial charge in [-0.05, 0) is 30.9 Å². The number of Topliss-reactive ketones (excluding diaryl/α,β-unsaturated/α-hetero) is 1. The largest absolute Gasteiger partial charge is 0.454 e. The van der Waals surface area contributed by atoms with Crippen LogP contribution in [0.3, 0.4) is 0 Å². The lowest BCUT2D eigenvalue weighted by Gasteiger charge is -2.09. The Labute approximate surface area is 191 Å². The summed E-state index contributed by atoms with van der Waals surface area (Å²) in [6.45, 7) is 6.01. The molecule has 0 spiro atoms. The van der Waals surface area contributed by atoms with E-state index in [0.29, 0.717) is 39.2 Å². The molecule has 7 heteroatoms.